The summed E-state index contributed by atoms with van der Waals surface area (Å²) in [5.41, 5.74) is 1.21. The summed E-state index contributed by atoms with van der Waals surface area (Å²) in [6.07, 6.45) is 3.68. The van der Waals surface area contributed by atoms with E-state index >= 15 is 0 Å². The molecule has 2 aliphatic rings. The molecule has 0 radical (unpaired) electrons. The van der Waals surface area contributed by atoms with Gasteiger partial charge in [0, 0.05) is 44.8 Å². The molecule has 132 valence electrons. The first-order valence-corrected chi connectivity index (χ1v) is 9.05. The average molecular weight is 331 g/mol. The van der Waals surface area contributed by atoms with Gasteiger partial charge in [-0.1, -0.05) is 25.0 Å². The van der Waals surface area contributed by atoms with Gasteiger partial charge >= 0.3 is 0 Å². The molecule has 1 heterocycles. The first kappa shape index (κ1) is 17.4. The summed E-state index contributed by atoms with van der Waals surface area (Å²) in [5, 5.41) is 13.2. The Hall–Kier alpha value is -1.43. The van der Waals surface area contributed by atoms with E-state index < -0.39 is 5.60 Å². The molecule has 0 atom stereocenters. The summed E-state index contributed by atoms with van der Waals surface area (Å²) in [5.74, 6) is -0.0959. The van der Waals surface area contributed by atoms with E-state index in [0.29, 0.717) is 12.1 Å². The van der Waals surface area contributed by atoms with Gasteiger partial charge < -0.3 is 15.3 Å². The fraction of sp³-hybridized carbons (Fsp3) is 0.632. The molecule has 5 heteroatoms. The third kappa shape index (κ3) is 4.56. The molecule has 5 nitrogen and oxygen atoms in total. The number of amides is 1. The molecular formula is C19H29N3O2. The molecule has 0 unspecified atom stereocenters. The molecule has 24 heavy (non-hydrogen) atoms. The van der Waals surface area contributed by atoms with Crippen LogP contribution in [0.4, 0.5) is 0 Å². The van der Waals surface area contributed by atoms with Gasteiger partial charge in [0.05, 0.1) is 5.60 Å². The van der Waals surface area contributed by atoms with Crippen molar-refractivity contribution in [2.45, 2.75) is 37.8 Å². The van der Waals surface area contributed by atoms with Crippen molar-refractivity contribution in [2.24, 2.45) is 0 Å². The smallest absolute Gasteiger partial charge is 0.251 e. The Morgan fingerprint density at radius 1 is 1.12 bits per heavy atom. The normalized spacial score (nSPS) is 21.8. The molecule has 1 aliphatic heterocycles. The van der Waals surface area contributed by atoms with Crippen molar-refractivity contribution in [3.05, 3.63) is 35.4 Å². The van der Waals surface area contributed by atoms with Crippen LogP contribution in [0.3, 0.4) is 0 Å². The Bertz CT molecular complexity index is 544. The number of nitrogens with one attached hydrogen (secondary N) is 1. The van der Waals surface area contributed by atoms with Crippen LogP contribution in [0.5, 0.6) is 0 Å². The predicted molar refractivity (Wildman–Crippen MR) is 95.0 cm³/mol. The summed E-state index contributed by atoms with van der Waals surface area (Å²) in [7, 11) is 2.16. The van der Waals surface area contributed by atoms with Gasteiger partial charge in [0.1, 0.15) is 0 Å². The highest BCUT2D eigenvalue weighted by atomic mass is 16.3. The summed E-state index contributed by atoms with van der Waals surface area (Å²) in [4.78, 5) is 17.0. The highest BCUT2D eigenvalue weighted by Gasteiger charge is 2.31. The first-order chi connectivity index (χ1) is 11.5. The molecule has 0 spiro atoms. The van der Waals surface area contributed by atoms with Gasteiger partial charge in [-0.05, 0) is 37.6 Å². The van der Waals surface area contributed by atoms with E-state index in [9.17, 15) is 9.90 Å². The van der Waals surface area contributed by atoms with Gasteiger partial charge in [-0.3, -0.25) is 9.69 Å². The van der Waals surface area contributed by atoms with Crippen molar-refractivity contribution in [1.82, 2.24) is 15.1 Å². The fourth-order valence-corrected chi connectivity index (χ4v) is 3.58. The molecule has 1 saturated carbocycles. The van der Waals surface area contributed by atoms with Crippen molar-refractivity contribution in [2.75, 3.05) is 39.8 Å². The third-order valence-corrected chi connectivity index (χ3v) is 5.33. The second-order valence-electron chi connectivity index (χ2n) is 7.39. The number of carbonyl (C=O) groups is 1. The van der Waals surface area contributed by atoms with Gasteiger partial charge in [0.25, 0.3) is 5.91 Å². The molecule has 1 aromatic rings. The minimum Gasteiger partial charge on any atom is -0.388 e. The SMILES string of the molecule is CN1CCN(Cc2ccc(C(=O)NCC3(O)CCCC3)cc2)CC1. The molecule has 1 saturated heterocycles. The van der Waals surface area contributed by atoms with Gasteiger partial charge in [-0.2, -0.15) is 0 Å². The zero-order valence-electron chi connectivity index (χ0n) is 14.6. The van der Waals surface area contributed by atoms with E-state index in [4.69, 9.17) is 0 Å². The number of piperazine rings is 1. The van der Waals surface area contributed by atoms with Crippen LogP contribution in [0, 0.1) is 0 Å². The summed E-state index contributed by atoms with van der Waals surface area (Å²) >= 11 is 0. The minimum absolute atomic E-state index is 0.0959. The van der Waals surface area contributed by atoms with Crippen LogP contribution in [0.25, 0.3) is 0 Å². The molecule has 3 rings (SSSR count). The second-order valence-corrected chi connectivity index (χ2v) is 7.39. The monoisotopic (exact) mass is 331 g/mol. The van der Waals surface area contributed by atoms with Crippen LogP contribution < -0.4 is 5.32 Å². The van der Waals surface area contributed by atoms with E-state index in [0.717, 1.165) is 58.4 Å². The van der Waals surface area contributed by atoms with E-state index in [2.05, 4.69) is 22.2 Å². The minimum atomic E-state index is -0.697. The highest BCUT2D eigenvalue weighted by Crippen LogP contribution is 2.28. The lowest BCUT2D eigenvalue weighted by atomic mass is 10.0. The van der Waals surface area contributed by atoms with Crippen molar-refractivity contribution in [3.8, 4) is 0 Å². The Labute approximate surface area is 144 Å². The van der Waals surface area contributed by atoms with Gasteiger partial charge in [-0.15, -0.1) is 0 Å². The fourth-order valence-electron chi connectivity index (χ4n) is 3.58. The second kappa shape index (κ2) is 7.64. The van der Waals surface area contributed by atoms with Gasteiger partial charge in [0.15, 0.2) is 0 Å². The highest BCUT2D eigenvalue weighted by molar-refractivity contribution is 5.94. The lowest BCUT2D eigenvalue weighted by Crippen LogP contribution is -2.43. The molecule has 1 aliphatic carbocycles. The Morgan fingerprint density at radius 3 is 2.38 bits per heavy atom. The average Bonchev–Trinajstić information content (AvgIpc) is 3.03. The van der Waals surface area contributed by atoms with Crippen LogP contribution in [-0.4, -0.2) is 66.2 Å². The van der Waals surface area contributed by atoms with E-state index in [1.54, 1.807) is 0 Å². The first-order valence-electron chi connectivity index (χ1n) is 9.05. The lowest BCUT2D eigenvalue weighted by Gasteiger charge is -2.32. The van der Waals surface area contributed by atoms with Crippen molar-refractivity contribution < 1.29 is 9.90 Å². The number of carbonyl (C=O) groups excluding carboxylic acids is 1. The predicted octanol–water partition coefficient (Wildman–Crippen LogP) is 1.47. The molecular weight excluding hydrogens is 302 g/mol. The topological polar surface area (TPSA) is 55.8 Å². The number of hydrogen-bond donors (Lipinski definition) is 2. The van der Waals surface area contributed by atoms with E-state index in [1.807, 2.05) is 24.3 Å². The van der Waals surface area contributed by atoms with Gasteiger partial charge in [0.2, 0.25) is 0 Å². The van der Waals surface area contributed by atoms with Crippen LogP contribution >= 0.6 is 0 Å². The summed E-state index contributed by atoms with van der Waals surface area (Å²) < 4.78 is 0. The molecule has 1 amide bonds. The molecule has 2 fully saturated rings. The molecule has 0 aromatic heterocycles. The van der Waals surface area contributed by atoms with Crippen molar-refractivity contribution in [3.63, 3.8) is 0 Å². The number of benzene rings is 1. The Morgan fingerprint density at radius 2 is 1.75 bits per heavy atom. The number of likely N-dealkylation sites (N-methyl/N-ethyl adjacent to an activating group) is 1. The number of nitrogens with zero attached hydrogens (tertiary/aromatic N) is 2. The number of rotatable bonds is 5. The van der Waals surface area contributed by atoms with Crippen LogP contribution in [0.15, 0.2) is 24.3 Å². The Balaban J connectivity index is 1.49. The Kier molecular flexibility index (Phi) is 5.54. The number of aliphatic hydroxyl groups is 1. The van der Waals surface area contributed by atoms with E-state index in [-0.39, 0.29) is 5.91 Å². The standard InChI is InChI=1S/C19H29N3O2/c1-21-10-12-22(13-11-21)14-16-4-6-17(7-5-16)18(23)20-15-19(24)8-2-3-9-19/h4-7,24H,2-3,8-15H2,1H3,(H,20,23). The van der Waals surface area contributed by atoms with Crippen LogP contribution in [0.2, 0.25) is 0 Å². The van der Waals surface area contributed by atoms with Gasteiger partial charge in [-0.25, -0.2) is 0 Å². The molecule has 1 aromatic carbocycles. The maximum atomic E-state index is 12.2. The van der Waals surface area contributed by atoms with Crippen LogP contribution in [-0.2, 0) is 6.54 Å². The quantitative estimate of drug-likeness (QED) is 0.858. The van der Waals surface area contributed by atoms with Crippen LogP contribution in [0.1, 0.15) is 41.6 Å². The molecule has 2 N–H and O–H groups in total. The summed E-state index contributed by atoms with van der Waals surface area (Å²) in [6, 6.07) is 7.86. The molecule has 0 bridgehead atoms. The van der Waals surface area contributed by atoms with Crippen molar-refractivity contribution in [1.29, 1.82) is 0 Å². The zero-order valence-corrected chi connectivity index (χ0v) is 14.6. The third-order valence-electron chi connectivity index (χ3n) is 5.33. The van der Waals surface area contributed by atoms with Crippen molar-refractivity contribution >= 4 is 5.91 Å². The maximum Gasteiger partial charge on any atom is 0.251 e. The van der Waals surface area contributed by atoms with E-state index in [1.165, 1.54) is 5.56 Å². The maximum absolute atomic E-state index is 12.2. The number of hydrogen-bond acceptors (Lipinski definition) is 4. The summed E-state index contributed by atoms with van der Waals surface area (Å²) in [6.45, 7) is 5.71. The zero-order chi connectivity index (χ0) is 17.0. The largest absolute Gasteiger partial charge is 0.388 e. The lowest BCUT2D eigenvalue weighted by molar-refractivity contribution is 0.0449.